The largest absolute Gasteiger partial charge is 0.493 e. The van der Waals surface area contributed by atoms with Gasteiger partial charge in [0.25, 0.3) is 5.91 Å². The predicted octanol–water partition coefficient (Wildman–Crippen LogP) is 3.47. The van der Waals surface area contributed by atoms with Crippen LogP contribution in [0.15, 0.2) is 54.7 Å². The maximum absolute atomic E-state index is 13.0. The molecule has 4 rings (SSSR count). The van der Waals surface area contributed by atoms with E-state index < -0.39 is 0 Å². The second-order valence-electron chi connectivity index (χ2n) is 7.09. The highest BCUT2D eigenvalue weighted by Crippen LogP contribution is 2.33. The summed E-state index contributed by atoms with van der Waals surface area (Å²) in [7, 11) is 3.17. The number of methoxy groups -OCH3 is 2. The number of rotatable bonds is 7. The predicted molar refractivity (Wildman–Crippen MR) is 113 cm³/mol. The molecule has 2 heterocycles. The van der Waals surface area contributed by atoms with Gasteiger partial charge in [0.15, 0.2) is 11.5 Å². The van der Waals surface area contributed by atoms with Crippen LogP contribution in [0.25, 0.3) is 16.9 Å². The van der Waals surface area contributed by atoms with Crippen LogP contribution >= 0.6 is 0 Å². The zero-order chi connectivity index (χ0) is 20.9. The van der Waals surface area contributed by atoms with Gasteiger partial charge in [0.2, 0.25) is 0 Å². The summed E-state index contributed by atoms with van der Waals surface area (Å²) >= 11 is 0. The van der Waals surface area contributed by atoms with Crippen LogP contribution in [0.4, 0.5) is 0 Å². The number of nitrogens with zero attached hydrogens (tertiary/aromatic N) is 2. The van der Waals surface area contributed by atoms with E-state index in [2.05, 4.69) is 5.32 Å². The Kier molecular flexibility index (Phi) is 5.99. The minimum atomic E-state index is -0.183. The van der Waals surface area contributed by atoms with Gasteiger partial charge in [-0.1, -0.05) is 18.2 Å². The third-order valence-corrected chi connectivity index (χ3v) is 5.15. The number of ether oxygens (including phenoxy) is 3. The van der Waals surface area contributed by atoms with Crippen molar-refractivity contribution in [2.45, 2.75) is 18.9 Å². The molecular weight excluding hydrogens is 382 g/mol. The molecule has 0 saturated carbocycles. The van der Waals surface area contributed by atoms with E-state index in [4.69, 9.17) is 19.3 Å². The van der Waals surface area contributed by atoms with Crippen LogP contribution in [0.5, 0.6) is 11.5 Å². The van der Waals surface area contributed by atoms with E-state index in [9.17, 15) is 4.79 Å². The smallest absolute Gasteiger partial charge is 0.255 e. The second-order valence-corrected chi connectivity index (χ2v) is 7.09. The quantitative estimate of drug-likeness (QED) is 0.649. The first-order chi connectivity index (χ1) is 14.7. The SMILES string of the molecule is COc1ccc(-c2nn(-c3ccccc3)cc2C(=O)NCC2CCCO2)cc1OC. The fourth-order valence-corrected chi connectivity index (χ4v) is 3.56. The molecule has 1 saturated heterocycles. The average Bonchev–Trinajstić information content (AvgIpc) is 3.48. The van der Waals surface area contributed by atoms with Crippen molar-refractivity contribution >= 4 is 5.91 Å². The molecule has 1 N–H and O–H groups in total. The Hall–Kier alpha value is -3.32. The van der Waals surface area contributed by atoms with Gasteiger partial charge in [-0.25, -0.2) is 4.68 Å². The molecule has 1 aromatic heterocycles. The minimum Gasteiger partial charge on any atom is -0.493 e. The molecule has 7 heteroatoms. The van der Waals surface area contributed by atoms with Gasteiger partial charge in [0, 0.05) is 24.9 Å². The van der Waals surface area contributed by atoms with E-state index in [1.54, 1.807) is 25.1 Å². The standard InChI is InChI=1S/C23H25N3O4/c1-28-20-11-10-16(13-21(20)29-2)22-19(23(27)24-14-18-9-6-12-30-18)15-26(25-22)17-7-4-3-5-8-17/h3-5,7-8,10-11,13,15,18H,6,9,12,14H2,1-2H3,(H,24,27). The number of aromatic nitrogens is 2. The van der Waals surface area contributed by atoms with Crippen molar-refractivity contribution in [3.63, 3.8) is 0 Å². The van der Waals surface area contributed by atoms with Crippen molar-refractivity contribution < 1.29 is 19.0 Å². The molecule has 0 radical (unpaired) electrons. The number of hydrogen-bond donors (Lipinski definition) is 1. The third-order valence-electron chi connectivity index (χ3n) is 5.15. The summed E-state index contributed by atoms with van der Waals surface area (Å²) in [6, 6.07) is 15.2. The maximum atomic E-state index is 13.0. The van der Waals surface area contributed by atoms with Crippen molar-refractivity contribution in [2.24, 2.45) is 0 Å². The fraction of sp³-hybridized carbons (Fsp3) is 0.304. The fourth-order valence-electron chi connectivity index (χ4n) is 3.56. The van der Waals surface area contributed by atoms with Crippen molar-refractivity contribution in [1.82, 2.24) is 15.1 Å². The molecule has 1 atom stereocenters. The molecule has 1 aliphatic rings. The number of hydrogen-bond acceptors (Lipinski definition) is 5. The summed E-state index contributed by atoms with van der Waals surface area (Å²) in [5, 5.41) is 7.70. The number of benzene rings is 2. The highest BCUT2D eigenvalue weighted by atomic mass is 16.5. The van der Waals surface area contributed by atoms with Crippen LogP contribution in [-0.2, 0) is 4.74 Å². The van der Waals surface area contributed by atoms with Crippen molar-refractivity contribution in [3.05, 3.63) is 60.3 Å². The molecule has 1 unspecified atom stereocenters. The third kappa shape index (κ3) is 4.16. The van der Waals surface area contributed by atoms with Crippen LogP contribution < -0.4 is 14.8 Å². The summed E-state index contributed by atoms with van der Waals surface area (Å²) in [5.74, 6) is 1.01. The molecule has 30 heavy (non-hydrogen) atoms. The molecule has 2 aromatic carbocycles. The Balaban J connectivity index is 1.70. The van der Waals surface area contributed by atoms with Gasteiger partial charge >= 0.3 is 0 Å². The average molecular weight is 407 g/mol. The van der Waals surface area contributed by atoms with E-state index in [1.807, 2.05) is 48.5 Å². The van der Waals surface area contributed by atoms with E-state index >= 15 is 0 Å². The van der Waals surface area contributed by atoms with Gasteiger partial charge in [-0.2, -0.15) is 5.10 Å². The zero-order valence-electron chi connectivity index (χ0n) is 17.1. The summed E-state index contributed by atoms with van der Waals surface area (Å²) in [6.45, 7) is 1.24. The Bertz CT molecular complexity index is 1010. The monoisotopic (exact) mass is 407 g/mol. The summed E-state index contributed by atoms with van der Waals surface area (Å²) in [5.41, 5.74) is 2.70. The van der Waals surface area contributed by atoms with Crippen LogP contribution in [0.1, 0.15) is 23.2 Å². The van der Waals surface area contributed by atoms with Gasteiger partial charge in [-0.15, -0.1) is 0 Å². The van der Waals surface area contributed by atoms with Gasteiger partial charge in [-0.05, 0) is 43.2 Å². The summed E-state index contributed by atoms with van der Waals surface area (Å²) < 4.78 is 18.1. The van der Waals surface area contributed by atoms with Crippen LogP contribution in [-0.4, -0.2) is 49.2 Å². The maximum Gasteiger partial charge on any atom is 0.255 e. The van der Waals surface area contributed by atoms with E-state index in [0.717, 1.165) is 30.7 Å². The molecule has 0 aliphatic carbocycles. The van der Waals surface area contributed by atoms with Crippen LogP contribution in [0, 0.1) is 0 Å². The van der Waals surface area contributed by atoms with Gasteiger partial charge in [-0.3, -0.25) is 4.79 Å². The number of amides is 1. The number of carbonyl (C=O) groups is 1. The number of carbonyl (C=O) groups excluding carboxylic acids is 1. The lowest BCUT2D eigenvalue weighted by atomic mass is 10.1. The Morgan fingerprint density at radius 1 is 1.17 bits per heavy atom. The van der Waals surface area contributed by atoms with E-state index in [1.165, 1.54) is 0 Å². The topological polar surface area (TPSA) is 74.6 Å². The normalized spacial score (nSPS) is 15.7. The second kappa shape index (κ2) is 9.00. The Labute approximate surface area is 175 Å². The Morgan fingerprint density at radius 3 is 2.67 bits per heavy atom. The molecule has 0 spiro atoms. The molecule has 3 aromatic rings. The molecule has 1 amide bonds. The van der Waals surface area contributed by atoms with Crippen molar-refractivity contribution in [1.29, 1.82) is 0 Å². The van der Waals surface area contributed by atoms with Gasteiger partial charge in [0.05, 0.1) is 31.6 Å². The highest BCUT2D eigenvalue weighted by Gasteiger charge is 2.22. The lowest BCUT2D eigenvalue weighted by molar-refractivity contribution is 0.0858. The first kappa shape index (κ1) is 20.0. The lowest BCUT2D eigenvalue weighted by Gasteiger charge is -2.11. The molecule has 1 aliphatic heterocycles. The lowest BCUT2D eigenvalue weighted by Crippen LogP contribution is -2.31. The van der Waals surface area contributed by atoms with Gasteiger partial charge < -0.3 is 19.5 Å². The molecule has 156 valence electrons. The molecule has 7 nitrogen and oxygen atoms in total. The Morgan fingerprint density at radius 2 is 1.97 bits per heavy atom. The zero-order valence-corrected chi connectivity index (χ0v) is 17.1. The number of nitrogens with one attached hydrogen (secondary N) is 1. The van der Waals surface area contributed by atoms with Gasteiger partial charge in [0.1, 0.15) is 5.69 Å². The van der Waals surface area contributed by atoms with Crippen LogP contribution in [0.3, 0.4) is 0 Å². The van der Waals surface area contributed by atoms with E-state index in [0.29, 0.717) is 29.3 Å². The van der Waals surface area contributed by atoms with Crippen LogP contribution in [0.2, 0.25) is 0 Å². The van der Waals surface area contributed by atoms with E-state index in [-0.39, 0.29) is 12.0 Å². The highest BCUT2D eigenvalue weighted by molar-refractivity contribution is 6.00. The number of para-hydroxylation sites is 1. The molecule has 0 bridgehead atoms. The van der Waals surface area contributed by atoms with Crippen molar-refractivity contribution in [3.8, 4) is 28.4 Å². The molecule has 1 fully saturated rings. The molecular formula is C23H25N3O4. The first-order valence-electron chi connectivity index (χ1n) is 9.97. The summed E-state index contributed by atoms with van der Waals surface area (Å²) in [6.07, 6.45) is 3.82. The summed E-state index contributed by atoms with van der Waals surface area (Å²) in [4.78, 5) is 13.0. The minimum absolute atomic E-state index is 0.0719. The van der Waals surface area contributed by atoms with Crippen molar-refractivity contribution in [2.75, 3.05) is 27.4 Å². The first-order valence-corrected chi connectivity index (χ1v) is 9.97.